The number of carbonyl (C=O) groups excluding carboxylic acids is 1. The molecule has 1 aliphatic heterocycles. The van der Waals surface area contributed by atoms with E-state index in [2.05, 4.69) is 60.0 Å². The van der Waals surface area contributed by atoms with Crippen LogP contribution in [0.4, 0.5) is 16.2 Å². The molecule has 1 N–H and O–H groups in total. The molecular formula is C23H29BrN6O2. The normalized spacial score (nSPS) is 14.7. The molecule has 1 fully saturated rings. The molecule has 0 spiro atoms. The fraction of sp³-hybridized carbons (Fsp3) is 0.435. The van der Waals surface area contributed by atoms with E-state index in [-0.39, 0.29) is 6.09 Å². The van der Waals surface area contributed by atoms with Crippen LogP contribution in [0.3, 0.4) is 0 Å². The molecule has 1 saturated heterocycles. The van der Waals surface area contributed by atoms with Crippen molar-refractivity contribution >= 4 is 44.6 Å². The van der Waals surface area contributed by atoms with Crippen LogP contribution in [-0.2, 0) is 4.74 Å². The van der Waals surface area contributed by atoms with Crippen LogP contribution in [0.15, 0.2) is 34.9 Å². The number of hydrogen-bond donors (Lipinski definition) is 1. The first-order valence-corrected chi connectivity index (χ1v) is 11.5. The van der Waals surface area contributed by atoms with Gasteiger partial charge < -0.3 is 24.4 Å². The first kappa shape index (κ1) is 22.4. The third-order valence-corrected chi connectivity index (χ3v) is 5.93. The Balaban J connectivity index is 1.57. The van der Waals surface area contributed by atoms with Crippen molar-refractivity contribution in [3.8, 4) is 11.4 Å². The lowest BCUT2D eigenvalue weighted by molar-refractivity contribution is 0.0240. The third kappa shape index (κ3) is 4.67. The van der Waals surface area contributed by atoms with Gasteiger partial charge >= 0.3 is 6.09 Å². The van der Waals surface area contributed by atoms with Gasteiger partial charge in [-0.05, 0) is 61.0 Å². The number of amides is 1. The average molecular weight is 501 g/mol. The number of fused-ring (bicyclic) bond motifs is 1. The molecule has 1 aromatic carbocycles. The molecule has 3 aromatic rings. The van der Waals surface area contributed by atoms with E-state index in [0.717, 1.165) is 38.4 Å². The fourth-order valence-electron chi connectivity index (χ4n) is 3.71. The number of aromatic nitrogens is 3. The van der Waals surface area contributed by atoms with E-state index in [9.17, 15) is 4.79 Å². The predicted molar refractivity (Wildman–Crippen MR) is 131 cm³/mol. The quantitative estimate of drug-likeness (QED) is 0.569. The molecule has 0 aliphatic carbocycles. The van der Waals surface area contributed by atoms with Gasteiger partial charge in [0.2, 0.25) is 0 Å². The number of pyridine rings is 1. The van der Waals surface area contributed by atoms with Gasteiger partial charge in [-0.1, -0.05) is 0 Å². The minimum absolute atomic E-state index is 0.265. The lowest BCUT2D eigenvalue weighted by atomic mass is 10.2. The van der Waals surface area contributed by atoms with E-state index >= 15 is 0 Å². The minimum Gasteiger partial charge on any atom is -0.444 e. The molecule has 1 aliphatic rings. The van der Waals surface area contributed by atoms with Crippen molar-refractivity contribution in [2.75, 3.05) is 50.1 Å². The monoisotopic (exact) mass is 500 g/mol. The van der Waals surface area contributed by atoms with E-state index < -0.39 is 5.60 Å². The van der Waals surface area contributed by atoms with Gasteiger partial charge in [-0.3, -0.25) is 0 Å². The van der Waals surface area contributed by atoms with Crippen molar-refractivity contribution < 1.29 is 9.53 Å². The first-order chi connectivity index (χ1) is 15.1. The molecule has 0 saturated carbocycles. The number of nitrogens with one attached hydrogen (secondary N) is 1. The molecule has 2 aromatic heterocycles. The molecule has 3 heterocycles. The summed E-state index contributed by atoms with van der Waals surface area (Å²) in [5, 5.41) is 0. The SMILES string of the molecule is CN(C)c1ccc(-c2nc3c(N4CCN(C(=O)OC(C)(C)C)CC4)c(Br)cnc3[nH]2)cc1. The largest absolute Gasteiger partial charge is 0.444 e. The molecule has 32 heavy (non-hydrogen) atoms. The smallest absolute Gasteiger partial charge is 0.410 e. The van der Waals surface area contributed by atoms with Crippen molar-refractivity contribution in [3.05, 3.63) is 34.9 Å². The van der Waals surface area contributed by atoms with Crippen LogP contribution >= 0.6 is 15.9 Å². The number of halogens is 1. The second kappa shape index (κ2) is 8.61. The number of hydrogen-bond acceptors (Lipinski definition) is 6. The first-order valence-electron chi connectivity index (χ1n) is 10.7. The van der Waals surface area contributed by atoms with Crippen LogP contribution in [0.25, 0.3) is 22.6 Å². The zero-order chi connectivity index (χ0) is 23.0. The Morgan fingerprint density at radius 3 is 2.38 bits per heavy atom. The molecule has 0 radical (unpaired) electrons. The van der Waals surface area contributed by atoms with E-state index in [1.165, 1.54) is 0 Å². The molecule has 1 amide bonds. The minimum atomic E-state index is -0.495. The van der Waals surface area contributed by atoms with Gasteiger partial charge in [0.05, 0.1) is 10.2 Å². The number of aromatic amines is 1. The number of imidazole rings is 1. The van der Waals surface area contributed by atoms with E-state index in [0.29, 0.717) is 26.2 Å². The summed E-state index contributed by atoms with van der Waals surface area (Å²) in [6.07, 6.45) is 1.54. The number of carbonyl (C=O) groups is 1. The molecule has 0 bridgehead atoms. The second-order valence-corrected chi connectivity index (χ2v) is 9.99. The zero-order valence-corrected chi connectivity index (χ0v) is 20.7. The zero-order valence-electron chi connectivity index (χ0n) is 19.1. The number of anilines is 2. The highest BCUT2D eigenvalue weighted by atomic mass is 79.9. The Kier molecular flexibility index (Phi) is 6.03. The van der Waals surface area contributed by atoms with Gasteiger partial charge in [-0.15, -0.1) is 0 Å². The molecule has 8 nitrogen and oxygen atoms in total. The Morgan fingerprint density at radius 2 is 1.78 bits per heavy atom. The van der Waals surface area contributed by atoms with Crippen molar-refractivity contribution in [3.63, 3.8) is 0 Å². The number of rotatable bonds is 3. The van der Waals surface area contributed by atoms with Crippen LogP contribution in [0.1, 0.15) is 20.8 Å². The Morgan fingerprint density at radius 1 is 1.12 bits per heavy atom. The maximum absolute atomic E-state index is 12.4. The van der Waals surface area contributed by atoms with E-state index in [4.69, 9.17) is 9.72 Å². The molecule has 9 heteroatoms. The van der Waals surface area contributed by atoms with Crippen molar-refractivity contribution in [1.82, 2.24) is 19.9 Å². The lowest BCUT2D eigenvalue weighted by Gasteiger charge is -2.37. The van der Waals surface area contributed by atoms with Crippen molar-refractivity contribution in [2.45, 2.75) is 26.4 Å². The van der Waals surface area contributed by atoms with E-state index in [1.807, 2.05) is 34.9 Å². The summed E-state index contributed by atoms with van der Waals surface area (Å²) in [4.78, 5) is 31.2. The highest BCUT2D eigenvalue weighted by Crippen LogP contribution is 2.34. The van der Waals surface area contributed by atoms with Gasteiger partial charge in [0.1, 0.15) is 16.9 Å². The molecular weight excluding hydrogens is 472 g/mol. The Bertz CT molecular complexity index is 1110. The van der Waals surface area contributed by atoms with Gasteiger partial charge in [0.25, 0.3) is 0 Å². The van der Waals surface area contributed by atoms with Gasteiger partial charge in [0, 0.05) is 57.7 Å². The van der Waals surface area contributed by atoms with Crippen LogP contribution in [0, 0.1) is 0 Å². The van der Waals surface area contributed by atoms with Crippen molar-refractivity contribution in [1.29, 1.82) is 0 Å². The highest BCUT2D eigenvalue weighted by Gasteiger charge is 2.28. The lowest BCUT2D eigenvalue weighted by Crippen LogP contribution is -2.50. The fourth-order valence-corrected chi connectivity index (χ4v) is 4.25. The summed E-state index contributed by atoms with van der Waals surface area (Å²) < 4.78 is 6.40. The summed E-state index contributed by atoms with van der Waals surface area (Å²) in [5.74, 6) is 0.782. The Hall–Kier alpha value is -2.81. The maximum Gasteiger partial charge on any atom is 0.410 e. The summed E-state index contributed by atoms with van der Waals surface area (Å²) in [5.41, 5.74) is 4.19. The summed E-state index contributed by atoms with van der Waals surface area (Å²) >= 11 is 3.66. The van der Waals surface area contributed by atoms with Gasteiger partial charge in [-0.25, -0.2) is 14.8 Å². The number of nitrogens with zero attached hydrogens (tertiary/aromatic N) is 5. The summed E-state index contributed by atoms with van der Waals surface area (Å²) in [6.45, 7) is 8.22. The van der Waals surface area contributed by atoms with Gasteiger partial charge in [0.15, 0.2) is 5.65 Å². The highest BCUT2D eigenvalue weighted by molar-refractivity contribution is 9.10. The number of H-pyrrole nitrogens is 1. The van der Waals surface area contributed by atoms with Crippen LogP contribution in [0.5, 0.6) is 0 Å². The molecule has 0 atom stereocenters. The molecule has 170 valence electrons. The topological polar surface area (TPSA) is 77.6 Å². The predicted octanol–water partition coefficient (Wildman–Crippen LogP) is 4.51. The second-order valence-electron chi connectivity index (χ2n) is 9.13. The van der Waals surface area contributed by atoms with Crippen LogP contribution in [-0.4, -0.2) is 71.8 Å². The van der Waals surface area contributed by atoms with Crippen LogP contribution in [0.2, 0.25) is 0 Å². The van der Waals surface area contributed by atoms with E-state index in [1.54, 1.807) is 11.1 Å². The maximum atomic E-state index is 12.4. The third-order valence-electron chi connectivity index (χ3n) is 5.35. The standard InChI is InChI=1S/C23H29BrN6O2/c1-23(2,3)32-22(31)30-12-10-29(11-13-30)19-17(24)14-25-21-18(19)26-20(27-21)15-6-8-16(9-7-15)28(4)5/h6-9,14H,10-13H2,1-5H3,(H,25,26,27). The molecule has 0 unspecified atom stereocenters. The number of piperazine rings is 1. The number of benzene rings is 1. The summed E-state index contributed by atoms with van der Waals surface area (Å²) in [7, 11) is 4.04. The average Bonchev–Trinajstić information content (AvgIpc) is 3.17. The molecule has 4 rings (SSSR count). The summed E-state index contributed by atoms with van der Waals surface area (Å²) in [6, 6.07) is 8.26. The van der Waals surface area contributed by atoms with Gasteiger partial charge in [-0.2, -0.15) is 0 Å². The van der Waals surface area contributed by atoms with Crippen molar-refractivity contribution in [2.24, 2.45) is 0 Å². The Labute approximate surface area is 196 Å². The number of ether oxygens (including phenoxy) is 1. The van der Waals surface area contributed by atoms with Crippen LogP contribution < -0.4 is 9.80 Å².